The fraction of sp³-hybridized carbons (Fsp3) is 0.556. The summed E-state index contributed by atoms with van der Waals surface area (Å²) in [5.74, 6) is 1.67. The first-order valence-corrected chi connectivity index (χ1v) is 8.91. The van der Waals surface area contributed by atoms with Gasteiger partial charge in [0.25, 0.3) is 0 Å². The summed E-state index contributed by atoms with van der Waals surface area (Å²) in [6.07, 6.45) is 6.65. The number of piperidine rings is 1. The molecule has 128 valence electrons. The minimum Gasteiger partial charge on any atom is -0.325 e. The number of nitrogens with one attached hydrogen (secondary N) is 3. The largest absolute Gasteiger partial charge is 0.325 e. The van der Waals surface area contributed by atoms with Crippen LogP contribution in [-0.4, -0.2) is 40.4 Å². The lowest BCUT2D eigenvalue weighted by atomic mass is 9.75. The number of hydrogen-bond donors (Lipinski definition) is 3. The molecule has 0 spiro atoms. The maximum Gasteiger partial charge on any atom is 0.323 e. The van der Waals surface area contributed by atoms with Gasteiger partial charge in [-0.1, -0.05) is 19.3 Å². The van der Waals surface area contributed by atoms with Crippen molar-refractivity contribution in [3.8, 4) is 0 Å². The molecule has 1 aliphatic carbocycles. The van der Waals surface area contributed by atoms with Crippen LogP contribution in [0.1, 0.15) is 32.1 Å². The number of hydrogen-bond acceptors (Lipinski definition) is 3. The van der Waals surface area contributed by atoms with Crippen molar-refractivity contribution in [3.63, 3.8) is 0 Å². The van der Waals surface area contributed by atoms with Crippen LogP contribution in [0.2, 0.25) is 0 Å². The fourth-order valence-corrected chi connectivity index (χ4v) is 4.33. The van der Waals surface area contributed by atoms with E-state index in [0.717, 1.165) is 36.1 Å². The zero-order chi connectivity index (χ0) is 16.5. The number of amides is 1. The van der Waals surface area contributed by atoms with Gasteiger partial charge in [-0.25, -0.2) is 4.79 Å². The topological polar surface area (TPSA) is 81.0 Å². The van der Waals surface area contributed by atoms with Crippen LogP contribution in [-0.2, 0) is 4.79 Å². The van der Waals surface area contributed by atoms with E-state index in [0.29, 0.717) is 12.1 Å². The van der Waals surface area contributed by atoms with Crippen LogP contribution < -0.4 is 11.0 Å². The summed E-state index contributed by atoms with van der Waals surface area (Å²) in [5.41, 5.74) is 1.94. The quantitative estimate of drug-likeness (QED) is 0.809. The second-order valence-corrected chi connectivity index (χ2v) is 7.22. The van der Waals surface area contributed by atoms with Gasteiger partial charge in [0.2, 0.25) is 5.91 Å². The lowest BCUT2D eigenvalue weighted by Gasteiger charge is -2.41. The molecule has 0 bridgehead atoms. The molecule has 2 fully saturated rings. The molecule has 3 N–H and O–H groups in total. The molecule has 2 atom stereocenters. The van der Waals surface area contributed by atoms with Crippen molar-refractivity contribution in [1.29, 1.82) is 0 Å². The predicted octanol–water partition coefficient (Wildman–Crippen LogP) is 2.31. The molecular weight excluding hydrogens is 304 g/mol. The van der Waals surface area contributed by atoms with Crippen molar-refractivity contribution in [2.45, 2.75) is 32.1 Å². The number of fused-ring (bicyclic) bond motifs is 2. The summed E-state index contributed by atoms with van der Waals surface area (Å²) in [6.45, 7) is 2.53. The van der Waals surface area contributed by atoms with Gasteiger partial charge in [0.15, 0.2) is 0 Å². The van der Waals surface area contributed by atoms with Crippen molar-refractivity contribution in [1.82, 2.24) is 14.9 Å². The third-order valence-corrected chi connectivity index (χ3v) is 5.54. The van der Waals surface area contributed by atoms with Gasteiger partial charge < -0.3 is 15.3 Å². The lowest BCUT2D eigenvalue weighted by molar-refractivity contribution is -0.118. The molecule has 0 radical (unpaired) electrons. The fourth-order valence-electron chi connectivity index (χ4n) is 4.33. The molecular formula is C18H24N4O2. The standard InChI is InChI=1S/C18H24N4O2/c23-17(11-22-8-7-12-3-1-2-4-13(12)10-22)19-14-5-6-15-16(9-14)21-18(24)20-15/h5-6,9,12-13H,1-4,7-8,10-11H2,(H,19,23)(H2,20,21,24)/t12-,13-/m0/s1. The number of carbonyl (C=O) groups is 1. The highest BCUT2D eigenvalue weighted by Gasteiger charge is 2.31. The molecule has 6 nitrogen and oxygen atoms in total. The number of carbonyl (C=O) groups excluding carboxylic acids is 1. The monoisotopic (exact) mass is 328 g/mol. The summed E-state index contributed by atoms with van der Waals surface area (Å²) in [4.78, 5) is 31.3. The summed E-state index contributed by atoms with van der Waals surface area (Å²) in [5, 5.41) is 2.95. The van der Waals surface area contributed by atoms with Crippen LogP contribution in [0.3, 0.4) is 0 Å². The normalized spacial score (nSPS) is 24.7. The smallest absolute Gasteiger partial charge is 0.323 e. The van der Waals surface area contributed by atoms with Gasteiger partial charge in [-0.3, -0.25) is 9.69 Å². The van der Waals surface area contributed by atoms with Crippen LogP contribution in [0.5, 0.6) is 0 Å². The zero-order valence-electron chi connectivity index (χ0n) is 13.8. The average molecular weight is 328 g/mol. The van der Waals surface area contributed by atoms with E-state index >= 15 is 0 Å². The maximum absolute atomic E-state index is 12.3. The molecule has 1 saturated heterocycles. The Morgan fingerprint density at radius 3 is 2.79 bits per heavy atom. The molecule has 24 heavy (non-hydrogen) atoms. The number of aromatic amines is 2. The summed E-state index contributed by atoms with van der Waals surface area (Å²) >= 11 is 0. The number of anilines is 1. The molecule has 1 aliphatic heterocycles. The van der Waals surface area contributed by atoms with E-state index in [1.54, 1.807) is 12.1 Å². The highest BCUT2D eigenvalue weighted by molar-refractivity contribution is 5.94. The summed E-state index contributed by atoms with van der Waals surface area (Å²) in [6, 6.07) is 5.41. The number of likely N-dealkylation sites (tertiary alicyclic amines) is 1. The maximum atomic E-state index is 12.3. The van der Waals surface area contributed by atoms with Crippen molar-refractivity contribution >= 4 is 22.6 Å². The second-order valence-electron chi connectivity index (χ2n) is 7.22. The first kappa shape index (κ1) is 15.4. The van der Waals surface area contributed by atoms with E-state index in [9.17, 15) is 9.59 Å². The molecule has 1 aromatic heterocycles. The minimum atomic E-state index is -0.233. The van der Waals surface area contributed by atoms with Crippen LogP contribution >= 0.6 is 0 Å². The Balaban J connectivity index is 1.36. The van der Waals surface area contributed by atoms with E-state index in [1.807, 2.05) is 6.07 Å². The third kappa shape index (κ3) is 3.24. The first-order valence-electron chi connectivity index (χ1n) is 8.91. The summed E-state index contributed by atoms with van der Waals surface area (Å²) < 4.78 is 0. The van der Waals surface area contributed by atoms with Gasteiger partial charge in [-0.05, 0) is 49.4 Å². The van der Waals surface area contributed by atoms with Gasteiger partial charge in [0.05, 0.1) is 17.6 Å². The molecule has 1 aromatic carbocycles. The van der Waals surface area contributed by atoms with E-state index in [1.165, 1.54) is 32.1 Å². The van der Waals surface area contributed by atoms with E-state index in [4.69, 9.17) is 0 Å². The SMILES string of the molecule is O=C(CN1CC[C@@H]2CCCC[C@H]2C1)Nc1ccc2[nH]c(=O)[nH]c2c1. The number of benzene rings is 1. The van der Waals surface area contributed by atoms with Gasteiger partial charge in [-0.15, -0.1) is 0 Å². The predicted molar refractivity (Wildman–Crippen MR) is 94.1 cm³/mol. The number of nitrogens with zero attached hydrogens (tertiary/aromatic N) is 1. The molecule has 2 heterocycles. The van der Waals surface area contributed by atoms with Crippen LogP contribution in [0.25, 0.3) is 11.0 Å². The average Bonchev–Trinajstić information content (AvgIpc) is 2.94. The molecule has 1 amide bonds. The van der Waals surface area contributed by atoms with Gasteiger partial charge in [0, 0.05) is 12.2 Å². The lowest BCUT2D eigenvalue weighted by Crippen LogP contribution is -2.44. The Hall–Kier alpha value is -2.08. The van der Waals surface area contributed by atoms with Gasteiger partial charge in [-0.2, -0.15) is 0 Å². The molecule has 6 heteroatoms. The first-order chi connectivity index (χ1) is 11.7. The Morgan fingerprint density at radius 1 is 1.12 bits per heavy atom. The van der Waals surface area contributed by atoms with Crippen LogP contribution in [0, 0.1) is 11.8 Å². The van der Waals surface area contributed by atoms with Crippen molar-refractivity contribution in [3.05, 3.63) is 28.7 Å². The van der Waals surface area contributed by atoms with Gasteiger partial charge in [0.1, 0.15) is 0 Å². The third-order valence-electron chi connectivity index (χ3n) is 5.54. The number of imidazole rings is 1. The molecule has 1 saturated carbocycles. The van der Waals surface area contributed by atoms with Crippen LogP contribution in [0.4, 0.5) is 5.69 Å². The van der Waals surface area contributed by atoms with Gasteiger partial charge >= 0.3 is 5.69 Å². The van der Waals surface area contributed by atoms with Crippen molar-refractivity contribution < 1.29 is 4.79 Å². The molecule has 4 rings (SSSR count). The second kappa shape index (κ2) is 6.43. The molecule has 2 aliphatic rings. The number of aromatic nitrogens is 2. The van der Waals surface area contributed by atoms with Crippen LogP contribution in [0.15, 0.2) is 23.0 Å². The summed E-state index contributed by atoms with van der Waals surface area (Å²) in [7, 11) is 0. The minimum absolute atomic E-state index is 0.0153. The Kier molecular flexibility index (Phi) is 4.14. The highest BCUT2D eigenvalue weighted by atomic mass is 16.2. The Labute approximate surface area is 140 Å². The number of H-pyrrole nitrogens is 2. The Bertz CT molecular complexity index is 794. The zero-order valence-corrected chi connectivity index (χ0v) is 13.8. The van der Waals surface area contributed by atoms with Crippen molar-refractivity contribution in [2.75, 3.05) is 25.0 Å². The number of rotatable bonds is 3. The van der Waals surface area contributed by atoms with E-state index < -0.39 is 0 Å². The highest BCUT2D eigenvalue weighted by Crippen LogP contribution is 2.35. The van der Waals surface area contributed by atoms with E-state index in [2.05, 4.69) is 20.2 Å². The van der Waals surface area contributed by atoms with Crippen molar-refractivity contribution in [2.24, 2.45) is 11.8 Å². The molecule has 2 aromatic rings. The molecule has 0 unspecified atom stereocenters. The Morgan fingerprint density at radius 2 is 1.92 bits per heavy atom. The van der Waals surface area contributed by atoms with E-state index in [-0.39, 0.29) is 11.6 Å².